The molecule has 1 heterocycles. The quantitative estimate of drug-likeness (QED) is 0.454. The van der Waals surface area contributed by atoms with Crippen molar-refractivity contribution < 1.29 is 35.9 Å². The number of carbonyl (C=O) groups excluding carboxylic acids is 2. The van der Waals surface area contributed by atoms with Gasteiger partial charge in [0.15, 0.2) is 9.84 Å². The number of urea groups is 1. The van der Waals surface area contributed by atoms with Gasteiger partial charge in [0.25, 0.3) is 0 Å². The largest absolute Gasteiger partial charge is 0.459 e. The van der Waals surface area contributed by atoms with Crippen molar-refractivity contribution in [2.24, 2.45) is 0 Å². The molecule has 0 spiro atoms. The van der Waals surface area contributed by atoms with Crippen LogP contribution in [0.4, 0.5) is 23.7 Å². The van der Waals surface area contributed by atoms with Crippen LogP contribution in [0.25, 0.3) is 0 Å². The molecule has 0 N–H and O–H groups in total. The minimum absolute atomic E-state index is 0.00481. The summed E-state index contributed by atoms with van der Waals surface area (Å²) in [6.07, 6.45) is -3.84. The minimum atomic E-state index is -4.73. The molecular weight excluding hydrogens is 549 g/mol. The molecule has 0 saturated carbocycles. The van der Waals surface area contributed by atoms with E-state index in [0.717, 1.165) is 40.3 Å². The molecule has 2 aromatic carbocycles. The van der Waals surface area contributed by atoms with Crippen molar-refractivity contribution >= 4 is 27.5 Å². The van der Waals surface area contributed by atoms with Crippen LogP contribution in [0.3, 0.4) is 0 Å². The zero-order valence-corrected chi connectivity index (χ0v) is 23.0. The van der Waals surface area contributed by atoms with Gasteiger partial charge in [0.2, 0.25) is 0 Å². The lowest BCUT2D eigenvalue weighted by Crippen LogP contribution is -2.52. The molecule has 0 bridgehead atoms. The molecule has 2 aromatic rings. The molecule has 3 rings (SSSR count). The normalized spacial score (nSPS) is 16.4. The molecule has 1 aliphatic rings. The maximum absolute atomic E-state index is 13.9. The maximum Gasteiger partial charge on any atom is 0.416 e. The third kappa shape index (κ3) is 6.26. The summed E-state index contributed by atoms with van der Waals surface area (Å²) in [6, 6.07) is 8.86. The highest BCUT2D eigenvalue weighted by molar-refractivity contribution is 7.90. The van der Waals surface area contributed by atoms with E-state index in [1.165, 1.54) is 25.1 Å². The number of nitrogens with zero attached hydrogens (tertiary/aromatic N) is 4. The van der Waals surface area contributed by atoms with Gasteiger partial charge in [0.05, 0.1) is 45.5 Å². The Labute approximate surface area is 229 Å². The maximum atomic E-state index is 13.9. The van der Waals surface area contributed by atoms with E-state index in [4.69, 9.17) is 4.74 Å². The molecule has 0 aliphatic carbocycles. The van der Waals surface area contributed by atoms with Gasteiger partial charge in [-0.25, -0.2) is 13.2 Å². The molecule has 40 heavy (non-hydrogen) atoms. The Morgan fingerprint density at radius 2 is 1.73 bits per heavy atom. The van der Waals surface area contributed by atoms with E-state index in [-0.39, 0.29) is 33.0 Å². The number of hydrogen-bond acceptors (Lipinski definition) is 7. The molecule has 0 unspecified atom stereocenters. The van der Waals surface area contributed by atoms with Crippen molar-refractivity contribution in [3.63, 3.8) is 0 Å². The molecule has 1 aliphatic heterocycles. The SMILES string of the molecule is CC1=C(C#N)[C@@H](c2ccc(C#N)cc2S(C)(=O)=O)N(CC(=O)OC(C)(C)C)C(=O)N1c1cccc(C(F)(F)F)c1. The van der Waals surface area contributed by atoms with Crippen LogP contribution < -0.4 is 4.90 Å². The van der Waals surface area contributed by atoms with Crippen LogP contribution >= 0.6 is 0 Å². The van der Waals surface area contributed by atoms with Gasteiger partial charge in [-0.2, -0.15) is 23.7 Å². The third-order valence-corrected chi connectivity index (χ3v) is 7.01. The van der Waals surface area contributed by atoms with E-state index in [1.54, 1.807) is 20.8 Å². The molecule has 0 fully saturated rings. The number of carbonyl (C=O) groups is 2. The number of rotatable bonds is 5. The van der Waals surface area contributed by atoms with Crippen molar-refractivity contribution in [1.29, 1.82) is 10.5 Å². The molecule has 210 valence electrons. The van der Waals surface area contributed by atoms with E-state index in [1.807, 2.05) is 12.1 Å². The molecule has 2 amide bonds. The van der Waals surface area contributed by atoms with Crippen molar-refractivity contribution in [3.05, 3.63) is 70.4 Å². The van der Waals surface area contributed by atoms with E-state index in [2.05, 4.69) is 0 Å². The lowest BCUT2D eigenvalue weighted by Gasteiger charge is -2.42. The summed E-state index contributed by atoms with van der Waals surface area (Å²) in [5.41, 5.74) is -2.58. The van der Waals surface area contributed by atoms with Crippen molar-refractivity contribution in [2.45, 2.75) is 50.4 Å². The number of benzene rings is 2. The van der Waals surface area contributed by atoms with Crippen LogP contribution in [-0.2, 0) is 25.5 Å². The fourth-order valence-corrected chi connectivity index (χ4v) is 5.22. The number of ether oxygens (including phenoxy) is 1. The molecule has 0 radical (unpaired) electrons. The van der Waals surface area contributed by atoms with E-state index in [9.17, 15) is 41.7 Å². The molecule has 0 aromatic heterocycles. The Morgan fingerprint density at radius 3 is 2.25 bits per heavy atom. The van der Waals surface area contributed by atoms with Gasteiger partial charge in [0, 0.05) is 12.0 Å². The van der Waals surface area contributed by atoms with Gasteiger partial charge in [-0.05, 0) is 63.6 Å². The first-order valence-electron chi connectivity index (χ1n) is 11.7. The van der Waals surface area contributed by atoms with Crippen molar-refractivity contribution in [2.75, 3.05) is 17.7 Å². The van der Waals surface area contributed by atoms with Crippen molar-refractivity contribution in [3.8, 4) is 12.1 Å². The van der Waals surface area contributed by atoms with Crippen LogP contribution in [0.2, 0.25) is 0 Å². The third-order valence-electron chi connectivity index (χ3n) is 5.86. The number of nitriles is 2. The molecule has 9 nitrogen and oxygen atoms in total. The Bertz CT molecular complexity index is 1600. The standard InChI is InChI=1S/C27H25F3N4O5S/c1-16-21(14-32)24(20-10-9-17(13-31)11-22(20)40(5,37)38)33(15-23(35)39-26(2,3)4)25(36)34(16)19-8-6-7-18(12-19)27(28,29)30/h6-12,24H,15H2,1-5H3/t24-/m1/s1. The fraction of sp³-hybridized carbons (Fsp3) is 0.333. The number of amides is 2. The van der Waals surface area contributed by atoms with E-state index >= 15 is 0 Å². The predicted molar refractivity (Wildman–Crippen MR) is 137 cm³/mol. The summed E-state index contributed by atoms with van der Waals surface area (Å²) in [4.78, 5) is 28.2. The highest BCUT2D eigenvalue weighted by Gasteiger charge is 2.43. The summed E-state index contributed by atoms with van der Waals surface area (Å²) < 4.78 is 71.2. The molecular formula is C27H25F3N4O5S. The highest BCUT2D eigenvalue weighted by atomic mass is 32.2. The first-order chi connectivity index (χ1) is 18.4. The van der Waals surface area contributed by atoms with Gasteiger partial charge in [-0.15, -0.1) is 0 Å². The number of anilines is 1. The smallest absolute Gasteiger partial charge is 0.416 e. The molecule has 1 atom stereocenters. The van der Waals surface area contributed by atoms with Crippen LogP contribution in [0.5, 0.6) is 0 Å². The van der Waals surface area contributed by atoms with Crippen molar-refractivity contribution in [1.82, 2.24) is 4.90 Å². The zero-order chi connectivity index (χ0) is 30.2. The zero-order valence-electron chi connectivity index (χ0n) is 22.2. The number of hydrogen-bond donors (Lipinski definition) is 0. The predicted octanol–water partition coefficient (Wildman–Crippen LogP) is 5.10. The average molecular weight is 575 g/mol. The van der Waals surface area contributed by atoms with Gasteiger partial charge in [0.1, 0.15) is 12.1 Å². The van der Waals surface area contributed by atoms with E-state index < -0.39 is 51.8 Å². The number of esters is 1. The summed E-state index contributed by atoms with van der Waals surface area (Å²) in [5, 5.41) is 19.5. The molecule has 13 heteroatoms. The summed E-state index contributed by atoms with van der Waals surface area (Å²) in [5.74, 6) is -0.902. The average Bonchev–Trinajstić information content (AvgIpc) is 2.83. The second-order valence-electron chi connectivity index (χ2n) is 10.0. The second-order valence-corrected chi connectivity index (χ2v) is 12.0. The number of halogens is 3. The van der Waals surface area contributed by atoms with Gasteiger partial charge in [-0.3, -0.25) is 9.69 Å². The number of allylic oxidation sites excluding steroid dienone is 1. The monoisotopic (exact) mass is 574 g/mol. The van der Waals surface area contributed by atoms with Crippen LogP contribution in [0, 0.1) is 22.7 Å². The van der Waals surface area contributed by atoms with E-state index in [0.29, 0.717) is 0 Å². The Hall–Kier alpha value is -4.36. The molecule has 0 saturated heterocycles. The summed E-state index contributed by atoms with van der Waals surface area (Å²) in [7, 11) is -4.03. The first-order valence-corrected chi connectivity index (χ1v) is 13.6. The Balaban J connectivity index is 2.33. The van der Waals surface area contributed by atoms with Crippen LogP contribution in [-0.4, -0.2) is 43.7 Å². The first kappa shape index (κ1) is 30.2. The summed E-state index contributed by atoms with van der Waals surface area (Å²) >= 11 is 0. The van der Waals surface area contributed by atoms with Crippen LogP contribution in [0.1, 0.15) is 50.4 Å². The van der Waals surface area contributed by atoms with Gasteiger partial charge < -0.3 is 9.64 Å². The topological polar surface area (TPSA) is 132 Å². The number of sulfone groups is 1. The number of alkyl halides is 3. The Kier molecular flexibility index (Phi) is 8.04. The van der Waals surface area contributed by atoms with Crippen LogP contribution in [0.15, 0.2) is 58.6 Å². The Morgan fingerprint density at radius 1 is 1.07 bits per heavy atom. The minimum Gasteiger partial charge on any atom is -0.459 e. The second kappa shape index (κ2) is 10.7. The highest BCUT2D eigenvalue weighted by Crippen LogP contribution is 2.42. The van der Waals surface area contributed by atoms with Gasteiger partial charge >= 0.3 is 18.2 Å². The van der Waals surface area contributed by atoms with Gasteiger partial charge in [-0.1, -0.05) is 12.1 Å². The lowest BCUT2D eigenvalue weighted by atomic mass is 9.93. The lowest BCUT2D eigenvalue weighted by molar-refractivity contribution is -0.155. The fourth-order valence-electron chi connectivity index (χ4n) is 4.27. The summed E-state index contributed by atoms with van der Waals surface area (Å²) in [6.45, 7) is 5.32.